The molecule has 1 fully saturated rings. The molecule has 0 radical (unpaired) electrons. The Morgan fingerprint density at radius 1 is 1.15 bits per heavy atom. The number of rotatable bonds is 4. The van der Waals surface area contributed by atoms with Crippen LogP contribution in [-0.4, -0.2) is 16.6 Å². The highest BCUT2D eigenvalue weighted by atomic mass is 127. The van der Waals surface area contributed by atoms with Crippen molar-refractivity contribution in [2.24, 2.45) is 0 Å². The van der Waals surface area contributed by atoms with E-state index in [1.54, 1.807) is 0 Å². The van der Waals surface area contributed by atoms with Crippen molar-refractivity contribution >= 4 is 28.4 Å². The van der Waals surface area contributed by atoms with Crippen LogP contribution in [0.25, 0.3) is 0 Å². The first kappa shape index (κ1) is 15.9. The average molecular weight is 389 g/mol. The summed E-state index contributed by atoms with van der Waals surface area (Å²) in [6, 6.07) is 0. The van der Waals surface area contributed by atoms with Crippen LogP contribution in [0.3, 0.4) is 0 Å². The van der Waals surface area contributed by atoms with E-state index in [0.717, 1.165) is 34.4 Å². The summed E-state index contributed by atoms with van der Waals surface area (Å²) in [6.07, 6.45) is 7.78. The van der Waals surface area contributed by atoms with E-state index >= 15 is 0 Å². The molecule has 5 heteroatoms. The largest absolute Gasteiger partial charge is 0.383 e. The van der Waals surface area contributed by atoms with E-state index in [2.05, 4.69) is 34.5 Å². The Bertz CT molecular complexity index is 457. The van der Waals surface area contributed by atoms with Gasteiger partial charge in [0.2, 0.25) is 0 Å². The van der Waals surface area contributed by atoms with Crippen molar-refractivity contribution in [1.82, 2.24) is 9.97 Å². The molecule has 20 heavy (non-hydrogen) atoms. The van der Waals surface area contributed by atoms with Gasteiger partial charge in [-0.25, -0.2) is 9.97 Å². The zero-order chi connectivity index (χ0) is 14.6. The molecule has 112 valence electrons. The molecule has 0 bridgehead atoms. The number of aromatic nitrogens is 2. The van der Waals surface area contributed by atoms with Gasteiger partial charge in [-0.15, -0.1) is 0 Å². The summed E-state index contributed by atoms with van der Waals surface area (Å²) < 4.78 is 7.13. The average Bonchev–Trinajstić information content (AvgIpc) is 2.68. The number of nitrogens with two attached hydrogens (primary N) is 1. The third-order valence-electron chi connectivity index (χ3n) is 4.02. The normalized spacial score (nSPS) is 18.8. The number of hydrogen-bond acceptors (Lipinski definition) is 4. The summed E-state index contributed by atoms with van der Waals surface area (Å²) >= 11 is 2.24. The molecule has 0 aromatic carbocycles. The van der Waals surface area contributed by atoms with Crippen molar-refractivity contribution in [3.8, 4) is 0 Å². The highest BCUT2D eigenvalue weighted by Gasteiger charge is 2.37. The van der Waals surface area contributed by atoms with Crippen LogP contribution in [0.2, 0.25) is 0 Å². The van der Waals surface area contributed by atoms with Crippen molar-refractivity contribution in [1.29, 1.82) is 0 Å². The Hall–Kier alpha value is -0.430. The van der Waals surface area contributed by atoms with Gasteiger partial charge in [-0.2, -0.15) is 0 Å². The molecule has 1 aromatic heterocycles. The molecule has 1 aliphatic rings. The van der Waals surface area contributed by atoms with Gasteiger partial charge in [-0.3, -0.25) is 0 Å². The monoisotopic (exact) mass is 389 g/mol. The Labute approximate surface area is 135 Å². The van der Waals surface area contributed by atoms with Crippen molar-refractivity contribution in [2.75, 3.05) is 12.3 Å². The van der Waals surface area contributed by atoms with Gasteiger partial charge in [0.1, 0.15) is 11.4 Å². The summed E-state index contributed by atoms with van der Waals surface area (Å²) in [5, 5.41) is 0. The van der Waals surface area contributed by atoms with Crippen LogP contribution < -0.4 is 5.73 Å². The molecule has 0 amide bonds. The molecule has 2 rings (SSSR count). The molecular formula is C15H24IN3O. The lowest BCUT2D eigenvalue weighted by Gasteiger charge is -2.31. The minimum absolute atomic E-state index is 0.326. The fourth-order valence-electron chi connectivity index (χ4n) is 2.96. The van der Waals surface area contributed by atoms with Crippen molar-refractivity contribution in [3.63, 3.8) is 0 Å². The van der Waals surface area contributed by atoms with Gasteiger partial charge in [0, 0.05) is 6.61 Å². The van der Waals surface area contributed by atoms with Crippen LogP contribution in [0.4, 0.5) is 5.82 Å². The number of hydrogen-bond donors (Lipinski definition) is 1. The zero-order valence-electron chi connectivity index (χ0n) is 12.4. The first-order valence-corrected chi connectivity index (χ1v) is 8.67. The summed E-state index contributed by atoms with van der Waals surface area (Å²) in [7, 11) is 0. The second kappa shape index (κ2) is 7.02. The maximum absolute atomic E-state index is 6.15. The molecule has 0 spiro atoms. The SMILES string of the molecule is CCOC1(c2nc(N)c(I)c(CC)n2)CCCCCC1. The molecule has 0 unspecified atom stereocenters. The highest BCUT2D eigenvalue weighted by molar-refractivity contribution is 14.1. The second-order valence-corrected chi connectivity index (χ2v) is 6.47. The van der Waals surface area contributed by atoms with E-state index in [0.29, 0.717) is 12.4 Å². The molecular weight excluding hydrogens is 365 g/mol. The lowest BCUT2D eigenvalue weighted by molar-refractivity contribution is -0.0624. The van der Waals surface area contributed by atoms with Gasteiger partial charge in [0.25, 0.3) is 0 Å². The van der Waals surface area contributed by atoms with Crippen LogP contribution in [0.5, 0.6) is 0 Å². The van der Waals surface area contributed by atoms with E-state index in [9.17, 15) is 0 Å². The number of anilines is 1. The summed E-state index contributed by atoms with van der Waals surface area (Å²) in [4.78, 5) is 9.36. The van der Waals surface area contributed by atoms with Crippen molar-refractivity contribution in [3.05, 3.63) is 15.1 Å². The van der Waals surface area contributed by atoms with Crippen LogP contribution >= 0.6 is 22.6 Å². The molecule has 1 aliphatic carbocycles. The number of nitrogen functional groups attached to an aromatic ring is 1. The van der Waals surface area contributed by atoms with Gasteiger partial charge < -0.3 is 10.5 Å². The standard InChI is InChI=1S/C15H24IN3O/c1-3-11-12(16)13(17)19-14(18-11)15(20-4-2)9-7-5-6-8-10-15/h3-10H2,1-2H3,(H2,17,18,19). The van der Waals surface area contributed by atoms with E-state index in [1.165, 1.54) is 25.7 Å². The maximum atomic E-state index is 6.15. The first-order chi connectivity index (χ1) is 9.63. The number of ether oxygens (including phenoxy) is 1. The predicted molar refractivity (Wildman–Crippen MR) is 89.5 cm³/mol. The fraction of sp³-hybridized carbons (Fsp3) is 0.733. The lowest BCUT2D eigenvalue weighted by Crippen LogP contribution is -2.32. The minimum Gasteiger partial charge on any atom is -0.383 e. The molecule has 1 saturated carbocycles. The van der Waals surface area contributed by atoms with Crippen LogP contribution in [0, 0.1) is 3.57 Å². The number of aryl methyl sites for hydroxylation is 1. The summed E-state index contributed by atoms with van der Waals surface area (Å²) in [5.74, 6) is 1.40. The van der Waals surface area contributed by atoms with Gasteiger partial charge >= 0.3 is 0 Å². The third kappa shape index (κ3) is 3.24. The predicted octanol–water partition coefficient (Wildman–Crippen LogP) is 3.81. The number of nitrogens with zero attached hydrogens (tertiary/aromatic N) is 2. The summed E-state index contributed by atoms with van der Waals surface area (Å²) in [5.41, 5.74) is 6.80. The fourth-order valence-corrected chi connectivity index (χ4v) is 3.58. The van der Waals surface area contributed by atoms with E-state index in [-0.39, 0.29) is 5.60 Å². The lowest BCUT2D eigenvalue weighted by atomic mass is 9.92. The topological polar surface area (TPSA) is 61.0 Å². The van der Waals surface area contributed by atoms with Crippen LogP contribution in [0.15, 0.2) is 0 Å². The highest BCUT2D eigenvalue weighted by Crippen LogP contribution is 2.38. The molecule has 0 aliphatic heterocycles. The van der Waals surface area contributed by atoms with Gasteiger partial charge in [0.15, 0.2) is 5.82 Å². The Morgan fingerprint density at radius 2 is 1.80 bits per heavy atom. The molecule has 0 saturated heterocycles. The van der Waals surface area contributed by atoms with Gasteiger partial charge in [0.05, 0.1) is 9.26 Å². The molecule has 1 heterocycles. The quantitative estimate of drug-likeness (QED) is 0.629. The molecule has 2 N–H and O–H groups in total. The molecule has 4 nitrogen and oxygen atoms in total. The maximum Gasteiger partial charge on any atom is 0.162 e. The third-order valence-corrected chi connectivity index (χ3v) is 5.19. The van der Waals surface area contributed by atoms with Crippen molar-refractivity contribution < 1.29 is 4.74 Å². The van der Waals surface area contributed by atoms with E-state index < -0.39 is 0 Å². The second-order valence-electron chi connectivity index (χ2n) is 5.39. The van der Waals surface area contributed by atoms with Crippen LogP contribution in [-0.2, 0) is 16.8 Å². The molecule has 0 atom stereocenters. The van der Waals surface area contributed by atoms with Crippen LogP contribution in [0.1, 0.15) is 63.9 Å². The number of halogens is 1. The Balaban J connectivity index is 2.45. The molecule has 1 aromatic rings. The van der Waals surface area contributed by atoms with E-state index in [1.807, 2.05) is 6.92 Å². The van der Waals surface area contributed by atoms with Gasteiger partial charge in [-0.05, 0) is 48.8 Å². The zero-order valence-corrected chi connectivity index (χ0v) is 14.6. The minimum atomic E-state index is -0.326. The van der Waals surface area contributed by atoms with E-state index in [4.69, 9.17) is 15.5 Å². The smallest absolute Gasteiger partial charge is 0.162 e. The first-order valence-electron chi connectivity index (χ1n) is 7.59. The van der Waals surface area contributed by atoms with Crippen molar-refractivity contribution in [2.45, 2.75) is 64.4 Å². The Kier molecular flexibility index (Phi) is 5.60. The Morgan fingerprint density at radius 3 is 2.35 bits per heavy atom. The van der Waals surface area contributed by atoms with Gasteiger partial charge in [-0.1, -0.05) is 32.6 Å². The summed E-state index contributed by atoms with van der Waals surface area (Å²) in [6.45, 7) is 4.84.